The summed E-state index contributed by atoms with van der Waals surface area (Å²) in [6, 6.07) is 59.9. The van der Waals surface area contributed by atoms with Crippen LogP contribution in [0.3, 0.4) is 0 Å². The molecular weight excluding hydrogens is 599 g/mol. The standard InChI is InChI=1S/C45H29N3O/c1-3-11-30(12-4-1)31-19-22-34(23-20-31)47(45-44-39(27-28-46-45)43-36-16-8-7-13-32(36)21-26-42(43)49-44)35-24-25-38-37-17-9-10-18-40(37)48(41(38)29-35)33-14-5-2-6-15-33/h1-29H. The molecule has 0 amide bonds. The van der Waals surface area contributed by atoms with Crippen molar-refractivity contribution in [2.75, 3.05) is 4.90 Å². The van der Waals surface area contributed by atoms with E-state index < -0.39 is 0 Å². The summed E-state index contributed by atoms with van der Waals surface area (Å²) >= 11 is 0. The van der Waals surface area contributed by atoms with Crippen LogP contribution in [0.4, 0.5) is 17.2 Å². The predicted octanol–water partition coefficient (Wildman–Crippen LogP) is 12.4. The highest BCUT2D eigenvalue weighted by atomic mass is 16.3. The number of fused-ring (bicyclic) bond motifs is 8. The molecule has 0 bridgehead atoms. The highest BCUT2D eigenvalue weighted by Crippen LogP contribution is 2.44. The number of rotatable bonds is 5. The number of anilines is 3. The summed E-state index contributed by atoms with van der Waals surface area (Å²) in [5.41, 5.74) is 9.34. The number of hydrogen-bond acceptors (Lipinski definition) is 3. The molecule has 4 heteroatoms. The van der Waals surface area contributed by atoms with Crippen LogP contribution in [0.25, 0.3) is 71.3 Å². The van der Waals surface area contributed by atoms with Gasteiger partial charge in [0.15, 0.2) is 11.4 Å². The molecule has 0 spiro atoms. The van der Waals surface area contributed by atoms with E-state index in [4.69, 9.17) is 9.40 Å². The van der Waals surface area contributed by atoms with Gasteiger partial charge < -0.3 is 8.98 Å². The monoisotopic (exact) mass is 627 g/mol. The minimum Gasteiger partial charge on any atom is -0.452 e. The largest absolute Gasteiger partial charge is 0.452 e. The second-order valence-corrected chi connectivity index (χ2v) is 12.4. The lowest BCUT2D eigenvalue weighted by Crippen LogP contribution is -2.12. The van der Waals surface area contributed by atoms with Gasteiger partial charge in [0.1, 0.15) is 5.58 Å². The molecule has 10 rings (SSSR count). The van der Waals surface area contributed by atoms with Crippen LogP contribution in [-0.2, 0) is 0 Å². The van der Waals surface area contributed by atoms with Crippen molar-refractivity contribution < 1.29 is 4.42 Å². The van der Waals surface area contributed by atoms with Crippen LogP contribution in [0.2, 0.25) is 0 Å². The molecule has 0 aliphatic heterocycles. The molecule has 3 heterocycles. The lowest BCUT2D eigenvalue weighted by molar-refractivity contribution is 0.667. The number of para-hydroxylation sites is 2. The molecule has 49 heavy (non-hydrogen) atoms. The van der Waals surface area contributed by atoms with E-state index in [9.17, 15) is 0 Å². The Kier molecular flexibility index (Phi) is 6.15. The normalized spacial score (nSPS) is 11.7. The zero-order valence-corrected chi connectivity index (χ0v) is 26.5. The molecule has 0 saturated heterocycles. The first kappa shape index (κ1) is 27.5. The third-order valence-corrected chi connectivity index (χ3v) is 9.63. The second kappa shape index (κ2) is 11.0. The smallest absolute Gasteiger partial charge is 0.181 e. The molecule has 0 atom stereocenters. The first-order valence-corrected chi connectivity index (χ1v) is 16.5. The Hall–Kier alpha value is -6.65. The van der Waals surface area contributed by atoms with Crippen molar-refractivity contribution in [1.82, 2.24) is 9.55 Å². The van der Waals surface area contributed by atoms with Gasteiger partial charge in [-0.25, -0.2) is 4.98 Å². The quantitative estimate of drug-likeness (QED) is 0.190. The first-order valence-electron chi connectivity index (χ1n) is 16.5. The van der Waals surface area contributed by atoms with E-state index in [1.165, 1.54) is 32.6 Å². The first-order chi connectivity index (χ1) is 24.3. The summed E-state index contributed by atoms with van der Waals surface area (Å²) in [5.74, 6) is 0.743. The summed E-state index contributed by atoms with van der Waals surface area (Å²) in [6.45, 7) is 0. The molecule has 0 aliphatic carbocycles. The van der Waals surface area contributed by atoms with Gasteiger partial charge in [-0.05, 0) is 76.5 Å². The average Bonchev–Trinajstić information content (AvgIpc) is 3.72. The molecule has 0 saturated carbocycles. The van der Waals surface area contributed by atoms with Crippen molar-refractivity contribution in [1.29, 1.82) is 0 Å². The lowest BCUT2D eigenvalue weighted by atomic mass is 10.0. The van der Waals surface area contributed by atoms with Gasteiger partial charge in [0, 0.05) is 44.8 Å². The average molecular weight is 628 g/mol. The molecule has 7 aromatic carbocycles. The SMILES string of the molecule is c1ccc(-c2ccc(N(c3ccc4c5ccccc5n(-c5ccccc5)c4c3)c3nccc4c3oc3ccc5ccccc5c34)cc2)cc1. The Morgan fingerprint density at radius 1 is 0.490 bits per heavy atom. The second-order valence-electron chi connectivity index (χ2n) is 12.4. The zero-order valence-electron chi connectivity index (χ0n) is 26.5. The maximum atomic E-state index is 6.73. The van der Waals surface area contributed by atoms with Crippen molar-refractivity contribution in [2.24, 2.45) is 0 Å². The number of pyridine rings is 1. The Morgan fingerprint density at radius 2 is 1.16 bits per heavy atom. The van der Waals surface area contributed by atoms with Gasteiger partial charge in [-0.1, -0.05) is 115 Å². The highest BCUT2D eigenvalue weighted by Gasteiger charge is 2.23. The molecule has 4 nitrogen and oxygen atoms in total. The lowest BCUT2D eigenvalue weighted by Gasteiger charge is -2.25. The van der Waals surface area contributed by atoms with E-state index in [-0.39, 0.29) is 0 Å². The van der Waals surface area contributed by atoms with E-state index in [2.05, 4.69) is 173 Å². The van der Waals surface area contributed by atoms with E-state index in [1.54, 1.807) is 0 Å². The van der Waals surface area contributed by atoms with E-state index >= 15 is 0 Å². The summed E-state index contributed by atoms with van der Waals surface area (Å²) < 4.78 is 9.08. The van der Waals surface area contributed by atoms with Gasteiger partial charge in [0.05, 0.1) is 11.0 Å². The van der Waals surface area contributed by atoms with Crippen LogP contribution in [0.15, 0.2) is 180 Å². The Bertz CT molecular complexity index is 2820. The maximum Gasteiger partial charge on any atom is 0.181 e. The van der Waals surface area contributed by atoms with Gasteiger partial charge in [-0.3, -0.25) is 4.90 Å². The van der Waals surface area contributed by atoms with Gasteiger partial charge in [-0.2, -0.15) is 0 Å². The third-order valence-electron chi connectivity index (χ3n) is 9.63. The van der Waals surface area contributed by atoms with Crippen molar-refractivity contribution >= 4 is 71.7 Å². The van der Waals surface area contributed by atoms with E-state index in [0.29, 0.717) is 0 Å². The Balaban J connectivity index is 1.24. The minimum absolute atomic E-state index is 0.743. The number of furan rings is 1. The van der Waals surface area contributed by atoms with E-state index in [0.717, 1.165) is 55.9 Å². The van der Waals surface area contributed by atoms with Gasteiger partial charge in [-0.15, -0.1) is 0 Å². The maximum absolute atomic E-state index is 6.73. The summed E-state index contributed by atoms with van der Waals surface area (Å²) in [7, 11) is 0. The topological polar surface area (TPSA) is 34.2 Å². The fourth-order valence-corrected chi connectivity index (χ4v) is 7.40. The Labute approximate surface area is 282 Å². The molecule has 3 aromatic heterocycles. The summed E-state index contributed by atoms with van der Waals surface area (Å²) in [4.78, 5) is 7.27. The molecule has 0 N–H and O–H groups in total. The predicted molar refractivity (Wildman–Crippen MR) is 203 cm³/mol. The number of aromatic nitrogens is 2. The fourth-order valence-electron chi connectivity index (χ4n) is 7.40. The molecule has 0 aliphatic rings. The van der Waals surface area contributed by atoms with Crippen LogP contribution in [0.5, 0.6) is 0 Å². The molecule has 230 valence electrons. The van der Waals surface area contributed by atoms with E-state index in [1.807, 2.05) is 12.3 Å². The fraction of sp³-hybridized carbons (Fsp3) is 0. The molecular formula is C45H29N3O. The van der Waals surface area contributed by atoms with Crippen molar-refractivity contribution in [3.8, 4) is 16.8 Å². The molecule has 0 unspecified atom stereocenters. The van der Waals surface area contributed by atoms with Gasteiger partial charge >= 0.3 is 0 Å². The third kappa shape index (κ3) is 4.35. The van der Waals surface area contributed by atoms with Crippen LogP contribution in [-0.4, -0.2) is 9.55 Å². The van der Waals surface area contributed by atoms with Crippen LogP contribution in [0, 0.1) is 0 Å². The number of hydrogen-bond donors (Lipinski definition) is 0. The summed E-state index contributed by atoms with van der Waals surface area (Å²) in [5, 5.41) is 6.92. The van der Waals surface area contributed by atoms with Crippen LogP contribution in [0.1, 0.15) is 0 Å². The van der Waals surface area contributed by atoms with Gasteiger partial charge in [0.2, 0.25) is 0 Å². The Morgan fingerprint density at radius 3 is 2.00 bits per heavy atom. The molecule has 0 radical (unpaired) electrons. The summed E-state index contributed by atoms with van der Waals surface area (Å²) in [6.07, 6.45) is 1.90. The van der Waals surface area contributed by atoms with Crippen LogP contribution < -0.4 is 4.90 Å². The number of benzene rings is 7. The molecule has 10 aromatic rings. The van der Waals surface area contributed by atoms with Gasteiger partial charge in [0.25, 0.3) is 0 Å². The van der Waals surface area contributed by atoms with Crippen LogP contribution >= 0.6 is 0 Å². The highest BCUT2D eigenvalue weighted by molar-refractivity contribution is 6.20. The number of nitrogens with zero attached hydrogens (tertiary/aromatic N) is 3. The van der Waals surface area contributed by atoms with Crippen molar-refractivity contribution in [2.45, 2.75) is 0 Å². The zero-order chi connectivity index (χ0) is 32.3. The minimum atomic E-state index is 0.743. The van der Waals surface area contributed by atoms with Crippen molar-refractivity contribution in [3.05, 3.63) is 176 Å². The molecule has 0 fully saturated rings. The van der Waals surface area contributed by atoms with Crippen molar-refractivity contribution in [3.63, 3.8) is 0 Å².